The minimum atomic E-state index is -0.241. The van der Waals surface area contributed by atoms with Crippen molar-refractivity contribution >= 4 is 50.9 Å². The number of carbonyl (C=O) groups is 1. The van der Waals surface area contributed by atoms with E-state index >= 15 is 0 Å². The summed E-state index contributed by atoms with van der Waals surface area (Å²) in [6.45, 7) is 1.33. The minimum absolute atomic E-state index is 0.104. The Morgan fingerprint density at radius 1 is 1.23 bits per heavy atom. The van der Waals surface area contributed by atoms with E-state index in [0.29, 0.717) is 17.9 Å². The molecule has 3 aromatic rings. The van der Waals surface area contributed by atoms with Gasteiger partial charge in [-0.1, -0.05) is 54.3 Å². The number of Topliss-reactive ketones (excluding diaryl/α,β-unsaturated/α-hetero) is 1. The van der Waals surface area contributed by atoms with Crippen molar-refractivity contribution < 1.29 is 13.9 Å². The van der Waals surface area contributed by atoms with Crippen molar-refractivity contribution in [3.8, 4) is 0 Å². The van der Waals surface area contributed by atoms with Gasteiger partial charge in [-0.2, -0.15) is 0 Å². The van der Waals surface area contributed by atoms with Crippen LogP contribution in [0, 0.1) is 11.7 Å². The molecule has 0 bridgehead atoms. The molecule has 0 unspecified atom stereocenters. The Hall–Kier alpha value is -2.28. The number of rotatable bonds is 5. The Balaban J connectivity index is 1.45. The monoisotopic (exact) mass is 451 g/mol. The number of carbonyl (C=O) groups excluding carboxylic acids is 1. The van der Waals surface area contributed by atoms with Crippen molar-refractivity contribution in [1.29, 1.82) is 0 Å². The average Bonchev–Trinajstić information content (AvgIpc) is 3.45. The molecular weight excluding hydrogens is 429 g/mol. The van der Waals surface area contributed by atoms with Crippen LogP contribution < -0.4 is 0 Å². The molecule has 0 N–H and O–H groups in total. The number of allylic oxidation sites excluding steroid dienone is 1. The first kappa shape index (κ1) is 20.6. The Morgan fingerprint density at radius 3 is 2.90 bits per heavy atom. The van der Waals surface area contributed by atoms with Gasteiger partial charge in [0, 0.05) is 35.8 Å². The Morgan fingerprint density at radius 2 is 2.10 bits per heavy atom. The standard InChI is InChI=1S/C25H22FNO2S2/c26-18-6-3-5-16(11-18)14-27-15-17(20-8-1-2-9-22(20)27)12-23-24(28)21(25(30)31-23)13-19-7-4-10-29-19/h1-3,5-6,8-9,11-12,15,19,21H,4,7,10,13-14H2/b23-12-/t19-,21+/m1/s1. The lowest BCUT2D eigenvalue weighted by Crippen LogP contribution is -2.20. The molecule has 31 heavy (non-hydrogen) atoms. The van der Waals surface area contributed by atoms with Gasteiger partial charge in [0.1, 0.15) is 5.82 Å². The zero-order valence-corrected chi connectivity index (χ0v) is 18.6. The molecule has 0 aliphatic carbocycles. The maximum atomic E-state index is 13.6. The summed E-state index contributed by atoms with van der Waals surface area (Å²) in [5.74, 6) is -0.377. The molecule has 3 nitrogen and oxygen atoms in total. The van der Waals surface area contributed by atoms with E-state index in [1.165, 1.54) is 17.8 Å². The van der Waals surface area contributed by atoms with E-state index < -0.39 is 0 Å². The molecular formula is C25H22FNO2S2. The highest BCUT2D eigenvalue weighted by Crippen LogP contribution is 2.40. The van der Waals surface area contributed by atoms with Crippen molar-refractivity contribution in [2.45, 2.75) is 31.9 Å². The molecule has 0 radical (unpaired) electrons. The van der Waals surface area contributed by atoms with Gasteiger partial charge in [0.25, 0.3) is 0 Å². The molecule has 2 atom stereocenters. The van der Waals surface area contributed by atoms with E-state index in [9.17, 15) is 9.18 Å². The van der Waals surface area contributed by atoms with Crippen molar-refractivity contribution in [1.82, 2.24) is 4.57 Å². The predicted molar refractivity (Wildman–Crippen MR) is 128 cm³/mol. The van der Waals surface area contributed by atoms with Gasteiger partial charge in [-0.05, 0) is 49.1 Å². The molecule has 0 saturated carbocycles. The van der Waals surface area contributed by atoms with E-state index in [1.807, 2.05) is 36.5 Å². The summed E-state index contributed by atoms with van der Waals surface area (Å²) in [5.41, 5.74) is 2.92. The number of benzene rings is 2. The Labute approximate surface area is 190 Å². The Bertz CT molecular complexity index is 1190. The highest BCUT2D eigenvalue weighted by Gasteiger charge is 2.37. The van der Waals surface area contributed by atoms with Crippen LogP contribution in [0.15, 0.2) is 59.6 Å². The fourth-order valence-corrected chi connectivity index (χ4v) is 5.86. The molecule has 3 heterocycles. The van der Waals surface area contributed by atoms with Crippen LogP contribution in [0.4, 0.5) is 4.39 Å². The van der Waals surface area contributed by atoms with Crippen LogP contribution in [-0.4, -0.2) is 27.3 Å². The maximum absolute atomic E-state index is 13.6. The Kier molecular flexibility index (Phi) is 5.78. The summed E-state index contributed by atoms with van der Waals surface area (Å²) in [4.78, 5) is 13.8. The van der Waals surface area contributed by atoms with Gasteiger partial charge in [0.05, 0.1) is 21.1 Å². The summed E-state index contributed by atoms with van der Waals surface area (Å²) >= 11 is 6.96. The molecule has 2 aliphatic rings. The number of fused-ring (bicyclic) bond motifs is 1. The number of thioether (sulfide) groups is 1. The molecule has 6 heteroatoms. The number of hydrogen-bond acceptors (Lipinski definition) is 4. The largest absolute Gasteiger partial charge is 0.378 e. The van der Waals surface area contributed by atoms with Crippen molar-refractivity contribution in [2.75, 3.05) is 6.61 Å². The van der Waals surface area contributed by atoms with Gasteiger partial charge in [-0.15, -0.1) is 0 Å². The third-order valence-electron chi connectivity index (χ3n) is 5.92. The van der Waals surface area contributed by atoms with E-state index in [4.69, 9.17) is 17.0 Å². The second-order valence-electron chi connectivity index (χ2n) is 8.08. The molecule has 0 spiro atoms. The van der Waals surface area contributed by atoms with Gasteiger partial charge in [0.2, 0.25) is 0 Å². The van der Waals surface area contributed by atoms with Crippen LogP contribution in [0.1, 0.15) is 30.4 Å². The third-order valence-corrected chi connectivity index (χ3v) is 7.48. The first-order valence-corrected chi connectivity index (χ1v) is 11.7. The zero-order chi connectivity index (χ0) is 21.4. The number of thiocarbonyl (C=S) groups is 1. The van der Waals surface area contributed by atoms with Gasteiger partial charge in [-0.25, -0.2) is 4.39 Å². The first-order valence-electron chi connectivity index (χ1n) is 10.5. The number of nitrogens with zero attached hydrogens (tertiary/aromatic N) is 1. The third kappa shape index (κ3) is 4.25. The van der Waals surface area contributed by atoms with Crippen molar-refractivity contribution in [3.63, 3.8) is 0 Å². The molecule has 0 amide bonds. The van der Waals surface area contributed by atoms with E-state index in [0.717, 1.165) is 45.7 Å². The van der Waals surface area contributed by atoms with Crippen LogP contribution in [0.3, 0.4) is 0 Å². The number of aromatic nitrogens is 1. The topological polar surface area (TPSA) is 31.2 Å². The molecule has 2 aliphatic heterocycles. The second kappa shape index (κ2) is 8.69. The lowest BCUT2D eigenvalue weighted by Gasteiger charge is -2.12. The number of ether oxygens (including phenoxy) is 1. The van der Waals surface area contributed by atoms with Gasteiger partial charge in [-0.3, -0.25) is 4.79 Å². The lowest BCUT2D eigenvalue weighted by atomic mass is 9.96. The predicted octanol–water partition coefficient (Wildman–Crippen LogP) is 6.00. The zero-order valence-electron chi connectivity index (χ0n) is 16.9. The van der Waals surface area contributed by atoms with Crippen molar-refractivity contribution in [2.24, 2.45) is 5.92 Å². The maximum Gasteiger partial charge on any atom is 0.178 e. The lowest BCUT2D eigenvalue weighted by molar-refractivity contribution is -0.117. The molecule has 5 rings (SSSR count). The van der Waals surface area contributed by atoms with Crippen LogP contribution in [0.25, 0.3) is 17.0 Å². The number of hydrogen-bond donors (Lipinski definition) is 0. The first-order chi connectivity index (χ1) is 15.1. The second-order valence-corrected chi connectivity index (χ2v) is 9.86. The SMILES string of the molecule is O=C1/C(=C/c2cn(Cc3cccc(F)c3)c3ccccc23)SC(=S)[C@H]1C[C@H]1CCCO1. The average molecular weight is 452 g/mol. The highest BCUT2D eigenvalue weighted by molar-refractivity contribution is 8.27. The van der Waals surface area contributed by atoms with E-state index in [-0.39, 0.29) is 23.6 Å². The van der Waals surface area contributed by atoms with Crippen LogP contribution >= 0.6 is 24.0 Å². The molecule has 1 aromatic heterocycles. The molecule has 2 saturated heterocycles. The van der Waals surface area contributed by atoms with Crippen LogP contribution in [0.2, 0.25) is 0 Å². The summed E-state index contributed by atoms with van der Waals surface area (Å²) in [6.07, 6.45) is 6.87. The fourth-order valence-electron chi connectivity index (χ4n) is 4.40. The fraction of sp³-hybridized carbons (Fsp3) is 0.280. The summed E-state index contributed by atoms with van der Waals surface area (Å²) in [6, 6.07) is 14.7. The van der Waals surface area contributed by atoms with Gasteiger partial charge in [0.15, 0.2) is 5.78 Å². The molecule has 2 aromatic carbocycles. The highest BCUT2D eigenvalue weighted by atomic mass is 32.2. The van der Waals surface area contributed by atoms with Crippen LogP contribution in [-0.2, 0) is 16.1 Å². The van der Waals surface area contributed by atoms with Gasteiger partial charge >= 0.3 is 0 Å². The normalized spacial score (nSPS) is 22.8. The van der Waals surface area contributed by atoms with Gasteiger partial charge < -0.3 is 9.30 Å². The summed E-state index contributed by atoms with van der Waals surface area (Å²) in [7, 11) is 0. The van der Waals surface area contributed by atoms with Crippen molar-refractivity contribution in [3.05, 3.63) is 76.6 Å². The van der Waals surface area contributed by atoms with Crippen LogP contribution in [0.5, 0.6) is 0 Å². The molecule has 158 valence electrons. The number of ketones is 1. The number of para-hydroxylation sites is 1. The van der Waals surface area contributed by atoms with E-state index in [1.54, 1.807) is 12.1 Å². The van der Waals surface area contributed by atoms with E-state index in [2.05, 4.69) is 10.6 Å². The smallest absolute Gasteiger partial charge is 0.178 e. The summed E-state index contributed by atoms with van der Waals surface area (Å²) < 4.78 is 22.2. The molecule has 2 fully saturated rings. The summed E-state index contributed by atoms with van der Waals surface area (Å²) in [5, 5.41) is 1.06. The number of halogens is 1. The minimum Gasteiger partial charge on any atom is -0.378 e. The quantitative estimate of drug-likeness (QED) is 0.352.